The van der Waals surface area contributed by atoms with Gasteiger partial charge in [0, 0.05) is 4.83 Å². The van der Waals surface area contributed by atoms with E-state index in [1.165, 1.54) is 5.57 Å². The average molecular weight is 290 g/mol. The van der Waals surface area contributed by atoms with Gasteiger partial charge in [0.2, 0.25) is 5.91 Å². The molecule has 0 aliphatic rings. The molecule has 0 saturated carbocycles. The van der Waals surface area contributed by atoms with Crippen LogP contribution in [0.1, 0.15) is 47.0 Å². The van der Waals surface area contributed by atoms with Crippen molar-refractivity contribution in [3.05, 3.63) is 11.6 Å². The van der Waals surface area contributed by atoms with E-state index in [9.17, 15) is 4.79 Å². The van der Waals surface area contributed by atoms with E-state index in [1.54, 1.807) is 0 Å². The molecule has 0 aromatic carbocycles. The minimum atomic E-state index is -0.215. The first kappa shape index (κ1) is 15.7. The largest absolute Gasteiger partial charge is 0.369 e. The zero-order valence-electron chi connectivity index (χ0n) is 10.8. The van der Waals surface area contributed by atoms with Crippen molar-refractivity contribution in [1.82, 2.24) is 0 Å². The van der Waals surface area contributed by atoms with Crippen LogP contribution < -0.4 is 5.73 Å². The third-order valence-corrected chi connectivity index (χ3v) is 4.39. The lowest BCUT2D eigenvalue weighted by atomic mass is 9.89. The van der Waals surface area contributed by atoms with Crippen LogP contribution in [0, 0.1) is 11.8 Å². The minimum absolute atomic E-state index is 0.0917. The molecule has 0 aliphatic heterocycles. The van der Waals surface area contributed by atoms with Crippen LogP contribution in [0.2, 0.25) is 0 Å². The highest BCUT2D eigenvalue weighted by Gasteiger charge is 2.25. The zero-order chi connectivity index (χ0) is 12.7. The fourth-order valence-electron chi connectivity index (χ4n) is 1.75. The van der Waals surface area contributed by atoms with Gasteiger partial charge >= 0.3 is 0 Å². The Morgan fingerprint density at radius 3 is 2.25 bits per heavy atom. The van der Waals surface area contributed by atoms with Crippen LogP contribution in [-0.4, -0.2) is 10.7 Å². The van der Waals surface area contributed by atoms with Gasteiger partial charge in [-0.2, -0.15) is 0 Å². The van der Waals surface area contributed by atoms with Crippen LogP contribution >= 0.6 is 15.9 Å². The van der Waals surface area contributed by atoms with Gasteiger partial charge in [0.15, 0.2) is 0 Å². The molecule has 0 aromatic rings. The summed E-state index contributed by atoms with van der Waals surface area (Å²) in [6, 6.07) is 0. The van der Waals surface area contributed by atoms with Gasteiger partial charge in [-0.3, -0.25) is 4.79 Å². The Morgan fingerprint density at radius 2 is 1.94 bits per heavy atom. The smallest absolute Gasteiger partial charge is 0.221 e. The van der Waals surface area contributed by atoms with Gasteiger partial charge in [-0.25, -0.2) is 0 Å². The number of alkyl halides is 1. The molecule has 3 atom stereocenters. The number of halogens is 1. The van der Waals surface area contributed by atoms with E-state index < -0.39 is 0 Å². The van der Waals surface area contributed by atoms with E-state index >= 15 is 0 Å². The molecule has 0 radical (unpaired) electrons. The van der Waals surface area contributed by atoms with Crippen LogP contribution in [0.25, 0.3) is 0 Å². The summed E-state index contributed by atoms with van der Waals surface area (Å²) < 4.78 is 0. The van der Waals surface area contributed by atoms with Crippen molar-refractivity contribution in [1.29, 1.82) is 0 Å². The van der Waals surface area contributed by atoms with E-state index in [0.29, 0.717) is 5.92 Å². The van der Waals surface area contributed by atoms with Gasteiger partial charge in [-0.15, -0.1) is 0 Å². The van der Waals surface area contributed by atoms with Crippen molar-refractivity contribution in [2.45, 2.75) is 51.8 Å². The molecule has 3 unspecified atom stereocenters. The van der Waals surface area contributed by atoms with Gasteiger partial charge in [-0.1, -0.05) is 54.8 Å². The molecule has 0 saturated heterocycles. The van der Waals surface area contributed by atoms with Crippen molar-refractivity contribution in [3.63, 3.8) is 0 Å². The molecular weight excluding hydrogens is 266 g/mol. The second-order valence-electron chi connectivity index (χ2n) is 4.40. The minimum Gasteiger partial charge on any atom is -0.369 e. The van der Waals surface area contributed by atoms with Gasteiger partial charge in [0.1, 0.15) is 0 Å². The number of carbonyl (C=O) groups excluding carboxylic acids is 1. The molecule has 0 spiro atoms. The van der Waals surface area contributed by atoms with Crippen LogP contribution in [0.5, 0.6) is 0 Å². The van der Waals surface area contributed by atoms with Gasteiger partial charge < -0.3 is 5.73 Å². The summed E-state index contributed by atoms with van der Waals surface area (Å²) in [5.74, 6) is 0.333. The molecule has 0 bridgehead atoms. The van der Waals surface area contributed by atoms with E-state index in [4.69, 9.17) is 5.73 Å². The number of rotatable bonds is 7. The lowest BCUT2D eigenvalue weighted by Crippen LogP contribution is -2.31. The van der Waals surface area contributed by atoms with Crippen molar-refractivity contribution >= 4 is 21.8 Å². The van der Waals surface area contributed by atoms with Crippen molar-refractivity contribution in [3.8, 4) is 0 Å². The summed E-state index contributed by atoms with van der Waals surface area (Å²) in [5, 5.41) is 0. The first-order valence-electron chi connectivity index (χ1n) is 6.06. The topological polar surface area (TPSA) is 43.1 Å². The summed E-state index contributed by atoms with van der Waals surface area (Å²) in [4.78, 5) is 11.4. The van der Waals surface area contributed by atoms with Gasteiger partial charge in [0.05, 0.1) is 5.92 Å². The maximum atomic E-state index is 11.3. The normalized spacial score (nSPS) is 17.9. The summed E-state index contributed by atoms with van der Waals surface area (Å²) in [6.07, 6.45) is 5.08. The molecule has 1 amide bonds. The fourth-order valence-corrected chi connectivity index (χ4v) is 2.83. The Bertz CT molecular complexity index is 250. The number of carbonyl (C=O) groups is 1. The molecular formula is C13H24BrNO. The molecule has 3 heteroatoms. The molecule has 2 N–H and O–H groups in total. The third-order valence-electron chi connectivity index (χ3n) is 3.16. The predicted octanol–water partition coefficient (Wildman–Crippen LogP) is 3.64. The first-order chi connectivity index (χ1) is 7.47. The number of allylic oxidation sites excluding steroid dienone is 2. The molecule has 0 aromatic heterocycles. The van der Waals surface area contributed by atoms with Gasteiger partial charge in [0.25, 0.3) is 0 Å². The molecule has 0 rings (SSSR count). The quantitative estimate of drug-likeness (QED) is 0.564. The summed E-state index contributed by atoms with van der Waals surface area (Å²) in [6.45, 7) is 8.45. The molecule has 16 heavy (non-hydrogen) atoms. The summed E-state index contributed by atoms with van der Waals surface area (Å²) >= 11 is 3.62. The van der Waals surface area contributed by atoms with E-state index in [2.05, 4.69) is 35.9 Å². The molecule has 2 nitrogen and oxygen atoms in total. The number of amides is 1. The monoisotopic (exact) mass is 289 g/mol. The Kier molecular flexibility index (Phi) is 7.73. The summed E-state index contributed by atoms with van der Waals surface area (Å²) in [5.41, 5.74) is 6.70. The highest BCUT2D eigenvalue weighted by molar-refractivity contribution is 9.09. The fraction of sp³-hybridized carbons (Fsp3) is 0.769. The van der Waals surface area contributed by atoms with E-state index in [0.717, 1.165) is 19.3 Å². The summed E-state index contributed by atoms with van der Waals surface area (Å²) in [7, 11) is 0. The number of primary amides is 1. The van der Waals surface area contributed by atoms with Crippen LogP contribution in [0.15, 0.2) is 11.6 Å². The van der Waals surface area contributed by atoms with Crippen LogP contribution in [-0.2, 0) is 4.79 Å². The van der Waals surface area contributed by atoms with Crippen LogP contribution in [0.4, 0.5) is 0 Å². The lowest BCUT2D eigenvalue weighted by molar-refractivity contribution is -0.121. The van der Waals surface area contributed by atoms with Crippen molar-refractivity contribution in [2.75, 3.05) is 0 Å². The second-order valence-corrected chi connectivity index (χ2v) is 5.39. The molecule has 0 aliphatic carbocycles. The Morgan fingerprint density at radius 1 is 1.38 bits per heavy atom. The van der Waals surface area contributed by atoms with Crippen molar-refractivity contribution in [2.24, 2.45) is 17.6 Å². The Labute approximate surface area is 108 Å². The zero-order valence-corrected chi connectivity index (χ0v) is 12.4. The molecule has 94 valence electrons. The van der Waals surface area contributed by atoms with E-state index in [-0.39, 0.29) is 16.7 Å². The SMILES string of the molecule is C/C=C(\CC(C)CC)C(Br)C(CC)C(N)=O. The van der Waals surface area contributed by atoms with Gasteiger partial charge in [-0.05, 0) is 25.7 Å². The average Bonchev–Trinajstić information content (AvgIpc) is 2.25. The highest BCUT2D eigenvalue weighted by Crippen LogP contribution is 2.29. The maximum absolute atomic E-state index is 11.3. The predicted molar refractivity (Wildman–Crippen MR) is 73.5 cm³/mol. The molecule has 0 heterocycles. The first-order valence-corrected chi connectivity index (χ1v) is 6.97. The molecule has 0 fully saturated rings. The lowest BCUT2D eigenvalue weighted by Gasteiger charge is -2.23. The number of hydrogen-bond acceptors (Lipinski definition) is 1. The number of hydrogen-bond donors (Lipinski definition) is 1. The Hall–Kier alpha value is -0.310. The van der Waals surface area contributed by atoms with E-state index in [1.807, 2.05) is 13.8 Å². The second kappa shape index (κ2) is 7.88. The Balaban J connectivity index is 4.64. The third kappa shape index (κ3) is 4.69. The maximum Gasteiger partial charge on any atom is 0.221 e. The highest BCUT2D eigenvalue weighted by atomic mass is 79.9. The van der Waals surface area contributed by atoms with Crippen molar-refractivity contribution < 1.29 is 4.79 Å². The number of nitrogens with two attached hydrogens (primary N) is 1. The standard InChI is InChI=1S/C13H24BrNO/c1-5-9(4)8-10(6-2)12(14)11(7-3)13(15)16/h6,9,11-12H,5,7-8H2,1-4H3,(H2,15,16)/b10-6+. The van der Waals surface area contributed by atoms with Crippen LogP contribution in [0.3, 0.4) is 0 Å².